The van der Waals surface area contributed by atoms with Crippen molar-refractivity contribution in [2.45, 2.75) is 0 Å². The highest BCUT2D eigenvalue weighted by Crippen LogP contribution is 2.26. The minimum atomic E-state index is -1.63. The number of pyridine rings is 1. The third-order valence-electron chi connectivity index (χ3n) is 3.65. The van der Waals surface area contributed by atoms with Crippen LogP contribution in [0.25, 0.3) is 11.0 Å². The molecule has 2 aromatic heterocycles. The molecule has 0 atom stereocenters. The van der Waals surface area contributed by atoms with E-state index in [1.54, 1.807) is 0 Å². The first-order valence-corrected chi connectivity index (χ1v) is 6.78. The summed E-state index contributed by atoms with van der Waals surface area (Å²) < 4.78 is 42.2. The Labute approximate surface area is 132 Å². The number of rotatable bonds is 2. The Balaban J connectivity index is 2.27. The molecule has 0 radical (unpaired) electrons. The highest BCUT2D eigenvalue weighted by molar-refractivity contribution is 5.90. The largest absolute Gasteiger partial charge is 0.352 e. The van der Waals surface area contributed by atoms with Crippen molar-refractivity contribution in [3.05, 3.63) is 62.7 Å². The Morgan fingerprint density at radius 3 is 2.38 bits per heavy atom. The zero-order valence-corrected chi connectivity index (χ0v) is 12.6. The summed E-state index contributed by atoms with van der Waals surface area (Å²) in [6.07, 6.45) is 1.31. The van der Waals surface area contributed by atoms with Crippen LogP contribution in [0.5, 0.6) is 0 Å². The van der Waals surface area contributed by atoms with Crippen molar-refractivity contribution in [3.63, 3.8) is 0 Å². The van der Waals surface area contributed by atoms with Crippen molar-refractivity contribution in [2.75, 3.05) is 5.32 Å². The number of fused-ring (bicyclic) bond motifs is 1. The first-order valence-electron chi connectivity index (χ1n) is 6.78. The minimum Gasteiger partial charge on any atom is -0.352 e. The van der Waals surface area contributed by atoms with E-state index in [1.807, 2.05) is 0 Å². The van der Waals surface area contributed by atoms with Gasteiger partial charge >= 0.3 is 5.69 Å². The quantitative estimate of drug-likeness (QED) is 0.725. The van der Waals surface area contributed by atoms with E-state index in [4.69, 9.17) is 0 Å². The molecule has 6 nitrogen and oxygen atoms in total. The summed E-state index contributed by atoms with van der Waals surface area (Å²) in [5, 5.41) is 2.57. The summed E-state index contributed by atoms with van der Waals surface area (Å²) in [7, 11) is 2.72. The van der Waals surface area contributed by atoms with E-state index in [0.29, 0.717) is 0 Å². The Morgan fingerprint density at radius 1 is 0.958 bits per heavy atom. The normalized spacial score (nSPS) is 11.0. The number of aryl methyl sites for hydroxylation is 1. The molecule has 0 aliphatic heterocycles. The van der Waals surface area contributed by atoms with Gasteiger partial charge in [-0.25, -0.2) is 22.9 Å². The molecule has 1 aromatic carbocycles. The number of halogens is 3. The SMILES string of the molecule is Cn1c(=O)c2c(Nc3ccc(F)c(F)c3F)ccnc2n(C)c1=O. The van der Waals surface area contributed by atoms with Gasteiger partial charge in [-0.05, 0) is 18.2 Å². The zero-order chi connectivity index (χ0) is 17.6. The average Bonchev–Trinajstić information content (AvgIpc) is 2.58. The van der Waals surface area contributed by atoms with Gasteiger partial charge in [0.1, 0.15) is 5.39 Å². The summed E-state index contributed by atoms with van der Waals surface area (Å²) in [5.74, 6) is -4.36. The molecule has 0 aliphatic carbocycles. The van der Waals surface area contributed by atoms with Gasteiger partial charge in [0, 0.05) is 20.3 Å². The smallest absolute Gasteiger partial charge is 0.332 e. The Bertz CT molecular complexity index is 1090. The van der Waals surface area contributed by atoms with Crippen molar-refractivity contribution in [2.24, 2.45) is 14.1 Å². The standard InChI is InChI=1S/C15H11F3N4O2/c1-21-13-10(14(23)22(2)15(21)24)8(5-6-19-13)20-9-4-3-7(16)11(17)12(9)18/h3-6H,1-2H3,(H,19,20). The highest BCUT2D eigenvalue weighted by atomic mass is 19.2. The van der Waals surface area contributed by atoms with Crippen LogP contribution >= 0.6 is 0 Å². The number of hydrogen-bond donors (Lipinski definition) is 1. The van der Waals surface area contributed by atoms with Crippen LogP contribution in [0.2, 0.25) is 0 Å². The number of aromatic nitrogens is 3. The molecule has 3 aromatic rings. The van der Waals surface area contributed by atoms with E-state index in [0.717, 1.165) is 21.3 Å². The summed E-state index contributed by atoms with van der Waals surface area (Å²) >= 11 is 0. The number of nitrogens with zero attached hydrogens (tertiary/aromatic N) is 3. The van der Waals surface area contributed by atoms with Crippen LogP contribution in [0.4, 0.5) is 24.5 Å². The van der Waals surface area contributed by atoms with E-state index in [9.17, 15) is 22.8 Å². The fourth-order valence-electron chi connectivity index (χ4n) is 2.36. The van der Waals surface area contributed by atoms with E-state index in [2.05, 4.69) is 10.3 Å². The molecule has 0 spiro atoms. The number of benzene rings is 1. The summed E-state index contributed by atoms with van der Waals surface area (Å²) in [6.45, 7) is 0. The van der Waals surface area contributed by atoms with Crippen molar-refractivity contribution >= 4 is 22.4 Å². The molecular weight excluding hydrogens is 325 g/mol. The van der Waals surface area contributed by atoms with E-state index in [-0.39, 0.29) is 22.4 Å². The second-order valence-corrected chi connectivity index (χ2v) is 5.11. The van der Waals surface area contributed by atoms with E-state index >= 15 is 0 Å². The van der Waals surface area contributed by atoms with Crippen LogP contribution < -0.4 is 16.6 Å². The maximum atomic E-state index is 13.8. The first kappa shape index (κ1) is 15.8. The topological polar surface area (TPSA) is 68.9 Å². The zero-order valence-electron chi connectivity index (χ0n) is 12.6. The maximum Gasteiger partial charge on any atom is 0.332 e. The third kappa shape index (κ3) is 2.25. The molecule has 24 heavy (non-hydrogen) atoms. The van der Waals surface area contributed by atoms with Gasteiger partial charge < -0.3 is 5.32 Å². The van der Waals surface area contributed by atoms with Gasteiger partial charge in [-0.3, -0.25) is 13.9 Å². The van der Waals surface area contributed by atoms with Gasteiger partial charge in [-0.1, -0.05) is 0 Å². The molecule has 124 valence electrons. The second-order valence-electron chi connectivity index (χ2n) is 5.11. The van der Waals surface area contributed by atoms with Gasteiger partial charge in [-0.2, -0.15) is 0 Å². The third-order valence-corrected chi connectivity index (χ3v) is 3.65. The van der Waals surface area contributed by atoms with Gasteiger partial charge in [0.25, 0.3) is 5.56 Å². The van der Waals surface area contributed by atoms with Crippen LogP contribution in [0.15, 0.2) is 34.0 Å². The van der Waals surface area contributed by atoms with Gasteiger partial charge in [0.15, 0.2) is 23.1 Å². The molecule has 0 saturated heterocycles. The fraction of sp³-hybridized carbons (Fsp3) is 0.133. The van der Waals surface area contributed by atoms with Gasteiger partial charge in [-0.15, -0.1) is 0 Å². The lowest BCUT2D eigenvalue weighted by Crippen LogP contribution is -2.37. The summed E-state index contributed by atoms with van der Waals surface area (Å²) in [4.78, 5) is 28.3. The molecule has 3 rings (SSSR count). The van der Waals surface area contributed by atoms with Crippen LogP contribution in [0, 0.1) is 17.5 Å². The Kier molecular flexibility index (Phi) is 3.63. The Hall–Kier alpha value is -3.10. The first-order chi connectivity index (χ1) is 11.3. The lowest BCUT2D eigenvalue weighted by atomic mass is 10.2. The van der Waals surface area contributed by atoms with Crippen LogP contribution in [-0.4, -0.2) is 14.1 Å². The predicted molar refractivity (Wildman–Crippen MR) is 81.8 cm³/mol. The molecule has 0 saturated carbocycles. The molecule has 2 heterocycles. The van der Waals surface area contributed by atoms with Gasteiger partial charge in [0.2, 0.25) is 0 Å². The molecule has 0 bridgehead atoms. The molecule has 0 fully saturated rings. The van der Waals surface area contributed by atoms with Crippen molar-refractivity contribution < 1.29 is 13.2 Å². The van der Waals surface area contributed by atoms with Crippen molar-refractivity contribution in [1.82, 2.24) is 14.1 Å². The Morgan fingerprint density at radius 2 is 1.67 bits per heavy atom. The summed E-state index contributed by atoms with van der Waals surface area (Å²) in [6, 6.07) is 3.14. The monoisotopic (exact) mass is 336 g/mol. The minimum absolute atomic E-state index is 0.0197. The molecule has 0 unspecified atom stereocenters. The number of anilines is 2. The average molecular weight is 336 g/mol. The molecular formula is C15H11F3N4O2. The molecule has 0 aliphatic rings. The van der Waals surface area contributed by atoms with Crippen molar-refractivity contribution in [3.8, 4) is 0 Å². The lowest BCUT2D eigenvalue weighted by molar-refractivity contribution is 0.449. The van der Waals surface area contributed by atoms with Gasteiger partial charge in [0.05, 0.1) is 11.4 Å². The lowest BCUT2D eigenvalue weighted by Gasteiger charge is -2.12. The number of nitrogens with one attached hydrogen (secondary N) is 1. The van der Waals surface area contributed by atoms with Crippen LogP contribution in [0.1, 0.15) is 0 Å². The van der Waals surface area contributed by atoms with Crippen LogP contribution in [-0.2, 0) is 14.1 Å². The van der Waals surface area contributed by atoms with Crippen molar-refractivity contribution in [1.29, 1.82) is 0 Å². The van der Waals surface area contributed by atoms with E-state index in [1.165, 1.54) is 26.4 Å². The summed E-state index contributed by atoms with van der Waals surface area (Å²) in [5.41, 5.74) is -1.38. The highest BCUT2D eigenvalue weighted by Gasteiger charge is 2.17. The molecule has 1 N–H and O–H groups in total. The number of hydrogen-bond acceptors (Lipinski definition) is 4. The van der Waals surface area contributed by atoms with Crippen LogP contribution in [0.3, 0.4) is 0 Å². The maximum absolute atomic E-state index is 13.8. The predicted octanol–water partition coefficient (Wildman–Crippen LogP) is 1.79. The molecule has 0 amide bonds. The second kappa shape index (κ2) is 5.52. The molecule has 9 heteroatoms. The fourth-order valence-corrected chi connectivity index (χ4v) is 2.36. The van der Waals surface area contributed by atoms with E-state index < -0.39 is 28.7 Å².